The van der Waals surface area contributed by atoms with Gasteiger partial charge in [-0.25, -0.2) is 9.37 Å². The Kier molecular flexibility index (Phi) is 6.30. The van der Waals surface area contributed by atoms with E-state index < -0.39 is 0 Å². The van der Waals surface area contributed by atoms with Crippen LogP contribution in [-0.4, -0.2) is 35.4 Å². The molecule has 0 spiro atoms. The van der Waals surface area contributed by atoms with Crippen molar-refractivity contribution in [2.75, 3.05) is 26.1 Å². The molecule has 0 saturated carbocycles. The number of hydrogen-bond acceptors (Lipinski definition) is 5. The number of nitrogens with zero attached hydrogens (tertiary/aromatic N) is 3. The molecule has 2 heterocycles. The maximum Gasteiger partial charge on any atom is 0.160 e. The van der Waals surface area contributed by atoms with E-state index in [1.54, 1.807) is 24.8 Å². The van der Waals surface area contributed by atoms with E-state index in [-0.39, 0.29) is 5.82 Å². The summed E-state index contributed by atoms with van der Waals surface area (Å²) in [5, 5.41) is 8.23. The molecule has 0 saturated heterocycles. The summed E-state index contributed by atoms with van der Waals surface area (Å²) in [6.45, 7) is 0.665. The standard InChI is InChI=1S/C28H25FN4O2/c1-34-25-12-11-19(15-26(25)35-2)13-14-30-27-17-23(20-7-4-3-5-8-20)31-28-18-24(32-33(27)28)21-9-6-10-22(29)16-21/h3-12,15-18,30H,13-14H2,1-2H3. The number of methoxy groups -OCH3 is 2. The highest BCUT2D eigenvalue weighted by Gasteiger charge is 2.13. The van der Waals surface area contributed by atoms with Crippen molar-refractivity contribution in [1.82, 2.24) is 14.6 Å². The van der Waals surface area contributed by atoms with Crippen LogP contribution in [0.1, 0.15) is 5.56 Å². The van der Waals surface area contributed by atoms with Gasteiger partial charge in [0.2, 0.25) is 0 Å². The quantitative estimate of drug-likeness (QED) is 0.308. The topological polar surface area (TPSA) is 60.7 Å². The van der Waals surface area contributed by atoms with Gasteiger partial charge in [0.1, 0.15) is 11.6 Å². The molecule has 0 aliphatic heterocycles. The molecule has 0 unspecified atom stereocenters. The first kappa shape index (κ1) is 22.4. The highest BCUT2D eigenvalue weighted by atomic mass is 19.1. The number of rotatable bonds is 8. The first-order valence-electron chi connectivity index (χ1n) is 11.3. The van der Waals surface area contributed by atoms with Gasteiger partial charge in [0.15, 0.2) is 17.1 Å². The highest BCUT2D eigenvalue weighted by Crippen LogP contribution is 2.29. The van der Waals surface area contributed by atoms with Gasteiger partial charge in [-0.2, -0.15) is 9.61 Å². The smallest absolute Gasteiger partial charge is 0.160 e. The predicted octanol–water partition coefficient (Wildman–Crippen LogP) is 5.87. The summed E-state index contributed by atoms with van der Waals surface area (Å²) in [5.41, 5.74) is 4.99. The molecule has 5 rings (SSSR count). The Balaban J connectivity index is 1.47. The number of benzene rings is 3. The molecule has 0 aliphatic rings. The molecule has 3 aromatic carbocycles. The molecule has 5 aromatic rings. The molecule has 0 atom stereocenters. The van der Waals surface area contributed by atoms with Crippen LogP contribution >= 0.6 is 0 Å². The van der Waals surface area contributed by atoms with E-state index >= 15 is 0 Å². The van der Waals surface area contributed by atoms with Crippen molar-refractivity contribution < 1.29 is 13.9 Å². The average Bonchev–Trinajstić information content (AvgIpc) is 3.34. The molecule has 7 heteroatoms. The minimum absolute atomic E-state index is 0.300. The zero-order valence-corrected chi connectivity index (χ0v) is 19.5. The van der Waals surface area contributed by atoms with Crippen molar-refractivity contribution in [3.63, 3.8) is 0 Å². The van der Waals surface area contributed by atoms with Crippen LogP contribution in [-0.2, 0) is 6.42 Å². The van der Waals surface area contributed by atoms with E-state index in [2.05, 4.69) is 5.32 Å². The van der Waals surface area contributed by atoms with E-state index in [9.17, 15) is 4.39 Å². The number of anilines is 1. The predicted molar refractivity (Wildman–Crippen MR) is 136 cm³/mol. The van der Waals surface area contributed by atoms with Gasteiger partial charge in [0.05, 0.1) is 25.6 Å². The third kappa shape index (κ3) is 4.80. The lowest BCUT2D eigenvalue weighted by atomic mass is 10.1. The molecular formula is C28H25FN4O2. The number of aromatic nitrogens is 3. The molecule has 6 nitrogen and oxygen atoms in total. The van der Waals surface area contributed by atoms with E-state index in [1.807, 2.05) is 66.7 Å². The molecule has 0 bridgehead atoms. The number of ether oxygens (including phenoxy) is 2. The van der Waals surface area contributed by atoms with Crippen molar-refractivity contribution >= 4 is 11.5 Å². The van der Waals surface area contributed by atoms with E-state index in [0.717, 1.165) is 29.1 Å². The Morgan fingerprint density at radius 1 is 0.800 bits per heavy atom. The third-order valence-corrected chi connectivity index (χ3v) is 5.78. The molecule has 35 heavy (non-hydrogen) atoms. The number of halogens is 1. The summed E-state index contributed by atoms with van der Waals surface area (Å²) in [6.07, 6.45) is 0.767. The lowest BCUT2D eigenvalue weighted by Crippen LogP contribution is -2.10. The van der Waals surface area contributed by atoms with Gasteiger partial charge in [-0.3, -0.25) is 0 Å². The summed E-state index contributed by atoms with van der Waals surface area (Å²) in [7, 11) is 3.26. The van der Waals surface area contributed by atoms with Crippen LogP contribution in [0.25, 0.3) is 28.2 Å². The SMILES string of the molecule is COc1ccc(CCNc2cc(-c3ccccc3)nc3cc(-c4cccc(F)c4)nn23)cc1OC. The first-order chi connectivity index (χ1) is 17.1. The van der Waals surface area contributed by atoms with Crippen LogP contribution in [0.4, 0.5) is 10.2 Å². The fourth-order valence-corrected chi connectivity index (χ4v) is 4.02. The van der Waals surface area contributed by atoms with Crippen molar-refractivity contribution in [2.45, 2.75) is 6.42 Å². The van der Waals surface area contributed by atoms with Gasteiger partial charge in [-0.15, -0.1) is 0 Å². The number of fused-ring (bicyclic) bond motifs is 1. The van der Waals surface area contributed by atoms with Crippen LogP contribution in [0.15, 0.2) is 84.9 Å². The molecule has 0 amide bonds. The van der Waals surface area contributed by atoms with Crippen molar-refractivity contribution in [3.8, 4) is 34.0 Å². The maximum absolute atomic E-state index is 13.8. The molecule has 176 valence electrons. The Morgan fingerprint density at radius 2 is 1.60 bits per heavy atom. The number of hydrogen-bond donors (Lipinski definition) is 1. The van der Waals surface area contributed by atoms with Crippen LogP contribution in [0, 0.1) is 5.82 Å². The summed E-state index contributed by atoms with van der Waals surface area (Å²) < 4.78 is 26.3. The number of nitrogens with one attached hydrogen (secondary N) is 1. The van der Waals surface area contributed by atoms with Gasteiger partial charge in [0, 0.05) is 29.8 Å². The van der Waals surface area contributed by atoms with Gasteiger partial charge >= 0.3 is 0 Å². The monoisotopic (exact) mass is 468 g/mol. The summed E-state index contributed by atoms with van der Waals surface area (Å²) in [4.78, 5) is 4.82. The molecule has 2 aromatic heterocycles. The van der Waals surface area contributed by atoms with E-state index in [0.29, 0.717) is 34.9 Å². The Labute approximate surface area is 203 Å². The first-order valence-corrected chi connectivity index (χ1v) is 11.3. The molecule has 0 aliphatic carbocycles. The second-order valence-electron chi connectivity index (χ2n) is 8.07. The third-order valence-electron chi connectivity index (χ3n) is 5.78. The Morgan fingerprint density at radius 3 is 2.37 bits per heavy atom. The van der Waals surface area contributed by atoms with Crippen LogP contribution in [0.3, 0.4) is 0 Å². The average molecular weight is 469 g/mol. The van der Waals surface area contributed by atoms with Crippen molar-refractivity contribution in [2.24, 2.45) is 0 Å². The van der Waals surface area contributed by atoms with Crippen molar-refractivity contribution in [1.29, 1.82) is 0 Å². The largest absolute Gasteiger partial charge is 0.493 e. The van der Waals surface area contributed by atoms with Crippen molar-refractivity contribution in [3.05, 3.63) is 96.3 Å². The second kappa shape index (κ2) is 9.85. The van der Waals surface area contributed by atoms with Crippen LogP contribution in [0.2, 0.25) is 0 Å². The fraction of sp³-hybridized carbons (Fsp3) is 0.143. The minimum atomic E-state index is -0.300. The maximum atomic E-state index is 13.8. The summed E-state index contributed by atoms with van der Waals surface area (Å²) >= 11 is 0. The molecule has 0 radical (unpaired) electrons. The Bertz CT molecular complexity index is 1470. The zero-order valence-electron chi connectivity index (χ0n) is 19.5. The normalized spacial score (nSPS) is 10.9. The van der Waals surface area contributed by atoms with Gasteiger partial charge in [-0.1, -0.05) is 48.5 Å². The van der Waals surface area contributed by atoms with E-state index in [1.165, 1.54) is 12.1 Å². The van der Waals surface area contributed by atoms with Gasteiger partial charge < -0.3 is 14.8 Å². The van der Waals surface area contributed by atoms with Gasteiger partial charge in [-0.05, 0) is 36.2 Å². The summed E-state index contributed by atoms with van der Waals surface area (Å²) in [5.74, 6) is 1.91. The van der Waals surface area contributed by atoms with Crippen LogP contribution in [0.5, 0.6) is 11.5 Å². The second-order valence-corrected chi connectivity index (χ2v) is 8.07. The zero-order chi connectivity index (χ0) is 24.2. The Hall–Kier alpha value is -4.39. The molecular weight excluding hydrogens is 443 g/mol. The minimum Gasteiger partial charge on any atom is -0.493 e. The lowest BCUT2D eigenvalue weighted by Gasteiger charge is -2.12. The molecule has 0 fully saturated rings. The highest BCUT2D eigenvalue weighted by molar-refractivity contribution is 5.70. The van der Waals surface area contributed by atoms with Gasteiger partial charge in [0.25, 0.3) is 0 Å². The lowest BCUT2D eigenvalue weighted by molar-refractivity contribution is 0.354. The fourth-order valence-electron chi connectivity index (χ4n) is 4.02. The van der Waals surface area contributed by atoms with E-state index in [4.69, 9.17) is 19.6 Å². The summed E-state index contributed by atoms with van der Waals surface area (Å²) in [6, 6.07) is 26.2. The molecule has 1 N–H and O–H groups in total. The van der Waals surface area contributed by atoms with Crippen LogP contribution < -0.4 is 14.8 Å².